The average Bonchev–Trinajstić information content (AvgIpc) is 3.35. The van der Waals surface area contributed by atoms with Gasteiger partial charge in [-0.2, -0.15) is 0 Å². The minimum absolute atomic E-state index is 0.0368. The first kappa shape index (κ1) is 21.4. The van der Waals surface area contributed by atoms with Crippen LogP contribution in [0, 0.1) is 0 Å². The van der Waals surface area contributed by atoms with E-state index in [4.69, 9.17) is 9.15 Å². The van der Waals surface area contributed by atoms with E-state index in [2.05, 4.69) is 6.58 Å². The molecule has 0 bridgehead atoms. The Hall–Kier alpha value is -3.32. The third-order valence-corrected chi connectivity index (χ3v) is 4.89. The molecular formula is C23H26N2O5. The number of nitrogens with one attached hydrogen (secondary N) is 1. The molecule has 1 unspecified atom stereocenters. The summed E-state index contributed by atoms with van der Waals surface area (Å²) in [5.41, 5.74) is 0.552. The van der Waals surface area contributed by atoms with Gasteiger partial charge in [0.1, 0.15) is 12.4 Å². The SMILES string of the molecule is C=CCOc1cccc(C2C(C(=O)c3ccco3)=C([O-])C(=O)N2CCC[NH+](C)C)c1. The normalized spacial score (nSPS) is 16.4. The fourth-order valence-corrected chi connectivity index (χ4v) is 3.52. The van der Waals surface area contributed by atoms with Crippen molar-refractivity contribution in [1.29, 1.82) is 0 Å². The van der Waals surface area contributed by atoms with E-state index in [-0.39, 0.29) is 11.3 Å². The number of carbonyl (C=O) groups excluding carboxylic acids is 2. The van der Waals surface area contributed by atoms with E-state index in [0.717, 1.165) is 6.54 Å². The van der Waals surface area contributed by atoms with Gasteiger partial charge in [-0.25, -0.2) is 0 Å². The van der Waals surface area contributed by atoms with Gasteiger partial charge in [-0.1, -0.05) is 24.8 Å². The molecule has 2 heterocycles. The number of nitrogens with zero attached hydrogens (tertiary/aromatic N) is 1. The van der Waals surface area contributed by atoms with Gasteiger partial charge in [-0.15, -0.1) is 0 Å². The fraction of sp³-hybridized carbons (Fsp3) is 0.304. The van der Waals surface area contributed by atoms with Crippen LogP contribution in [0.5, 0.6) is 5.75 Å². The molecule has 0 saturated carbocycles. The summed E-state index contributed by atoms with van der Waals surface area (Å²) in [5.74, 6) is -1.41. The van der Waals surface area contributed by atoms with Crippen LogP contribution in [0.25, 0.3) is 0 Å². The van der Waals surface area contributed by atoms with Gasteiger partial charge in [-0.05, 0) is 35.6 Å². The molecule has 1 aromatic heterocycles. The molecule has 0 fully saturated rings. The smallest absolute Gasteiger partial charge is 0.239 e. The van der Waals surface area contributed by atoms with Crippen molar-refractivity contribution in [3.05, 3.63) is 78.0 Å². The van der Waals surface area contributed by atoms with Gasteiger partial charge in [0.15, 0.2) is 5.76 Å². The summed E-state index contributed by atoms with van der Waals surface area (Å²) in [6, 6.07) is 9.37. The quantitative estimate of drug-likeness (QED) is 0.462. The molecule has 1 amide bonds. The maximum atomic E-state index is 13.1. The number of furan rings is 1. The van der Waals surface area contributed by atoms with Crippen molar-refractivity contribution in [1.82, 2.24) is 4.90 Å². The Balaban J connectivity index is 2.00. The molecule has 0 saturated heterocycles. The second-order valence-corrected chi connectivity index (χ2v) is 7.43. The standard InChI is InChI=1S/C23H26N2O5/c1-4-13-29-17-9-5-8-16(15-17)20-19(21(26)18-10-6-14-30-18)22(27)23(28)25(20)12-7-11-24(2)3/h4-6,8-10,14-15,20,27H,1,7,11-13H2,2-3H3. The number of quaternary nitrogens is 1. The molecule has 2 aromatic rings. The summed E-state index contributed by atoms with van der Waals surface area (Å²) in [6.45, 7) is 5.15. The van der Waals surface area contributed by atoms with Crippen molar-refractivity contribution < 1.29 is 28.7 Å². The third kappa shape index (κ3) is 4.46. The average molecular weight is 410 g/mol. The van der Waals surface area contributed by atoms with Crippen molar-refractivity contribution in [3.63, 3.8) is 0 Å². The van der Waals surface area contributed by atoms with Crippen molar-refractivity contribution >= 4 is 11.7 Å². The third-order valence-electron chi connectivity index (χ3n) is 4.89. The van der Waals surface area contributed by atoms with Crippen molar-refractivity contribution in [2.45, 2.75) is 12.5 Å². The molecule has 1 atom stereocenters. The van der Waals surface area contributed by atoms with E-state index in [1.54, 1.807) is 36.4 Å². The molecular weight excluding hydrogens is 384 g/mol. The Morgan fingerprint density at radius 2 is 2.13 bits per heavy atom. The topological polar surface area (TPSA) is 87.2 Å². The first-order valence-corrected chi connectivity index (χ1v) is 9.87. The van der Waals surface area contributed by atoms with Gasteiger partial charge in [0, 0.05) is 18.5 Å². The molecule has 1 aromatic carbocycles. The molecule has 1 aliphatic rings. The van der Waals surface area contributed by atoms with E-state index in [9.17, 15) is 14.7 Å². The summed E-state index contributed by atoms with van der Waals surface area (Å²) in [5, 5.41) is 12.8. The molecule has 158 valence electrons. The Labute approximate surface area is 175 Å². The van der Waals surface area contributed by atoms with Crippen LogP contribution in [0.4, 0.5) is 0 Å². The number of hydrogen-bond acceptors (Lipinski definition) is 5. The van der Waals surface area contributed by atoms with Crippen LogP contribution < -0.4 is 14.7 Å². The second-order valence-electron chi connectivity index (χ2n) is 7.43. The van der Waals surface area contributed by atoms with Crippen LogP contribution in [0.15, 0.2) is 71.1 Å². The number of hydrogen-bond donors (Lipinski definition) is 1. The highest BCUT2D eigenvalue weighted by molar-refractivity contribution is 6.14. The number of ether oxygens (including phenoxy) is 1. The minimum atomic E-state index is -0.785. The predicted molar refractivity (Wildman–Crippen MR) is 109 cm³/mol. The highest BCUT2D eigenvalue weighted by atomic mass is 16.5. The highest BCUT2D eigenvalue weighted by Gasteiger charge is 2.40. The van der Waals surface area contributed by atoms with Crippen molar-refractivity contribution in [2.24, 2.45) is 0 Å². The first-order chi connectivity index (χ1) is 14.4. The molecule has 0 spiro atoms. The number of rotatable bonds is 10. The van der Waals surface area contributed by atoms with Crippen LogP contribution >= 0.6 is 0 Å². The number of Topliss-reactive ketones (excluding diaryl/α,β-unsaturated/α-hetero) is 1. The van der Waals surface area contributed by atoms with Gasteiger partial charge < -0.3 is 24.1 Å². The van der Waals surface area contributed by atoms with E-state index in [1.165, 1.54) is 22.1 Å². The van der Waals surface area contributed by atoms with Gasteiger partial charge in [-0.3, -0.25) is 9.59 Å². The Morgan fingerprint density at radius 3 is 2.80 bits per heavy atom. The summed E-state index contributed by atoms with van der Waals surface area (Å²) < 4.78 is 10.8. The Morgan fingerprint density at radius 1 is 1.33 bits per heavy atom. The van der Waals surface area contributed by atoms with E-state index < -0.39 is 23.5 Å². The lowest BCUT2D eigenvalue weighted by molar-refractivity contribution is -0.858. The van der Waals surface area contributed by atoms with Gasteiger partial charge in [0.05, 0.1) is 32.9 Å². The predicted octanol–water partition coefficient (Wildman–Crippen LogP) is 0.760. The number of amides is 1. The lowest BCUT2D eigenvalue weighted by Crippen LogP contribution is -3.05. The maximum Gasteiger partial charge on any atom is 0.239 e. The number of ketones is 1. The molecule has 0 aliphatic carbocycles. The fourth-order valence-electron chi connectivity index (χ4n) is 3.52. The van der Waals surface area contributed by atoms with Crippen LogP contribution in [0.3, 0.4) is 0 Å². The molecule has 3 rings (SSSR count). The monoisotopic (exact) mass is 410 g/mol. The zero-order valence-electron chi connectivity index (χ0n) is 17.2. The molecule has 0 radical (unpaired) electrons. The Bertz CT molecular complexity index is 946. The van der Waals surface area contributed by atoms with E-state index in [0.29, 0.717) is 30.9 Å². The van der Waals surface area contributed by atoms with Gasteiger partial charge in [0.25, 0.3) is 0 Å². The molecule has 7 heteroatoms. The zero-order valence-corrected chi connectivity index (χ0v) is 17.2. The summed E-state index contributed by atoms with van der Waals surface area (Å²) >= 11 is 0. The van der Waals surface area contributed by atoms with Crippen LogP contribution in [-0.2, 0) is 4.79 Å². The summed E-state index contributed by atoms with van der Waals surface area (Å²) in [6.07, 6.45) is 3.70. The molecule has 1 N–H and O–H groups in total. The number of benzene rings is 1. The maximum absolute atomic E-state index is 13.1. The first-order valence-electron chi connectivity index (χ1n) is 9.87. The van der Waals surface area contributed by atoms with Crippen molar-refractivity contribution in [2.75, 3.05) is 33.8 Å². The van der Waals surface area contributed by atoms with Crippen LogP contribution in [0.1, 0.15) is 28.6 Å². The molecule has 30 heavy (non-hydrogen) atoms. The van der Waals surface area contributed by atoms with Crippen LogP contribution in [0.2, 0.25) is 0 Å². The summed E-state index contributed by atoms with van der Waals surface area (Å²) in [7, 11) is 4.04. The largest absolute Gasteiger partial charge is 0.868 e. The van der Waals surface area contributed by atoms with E-state index in [1.807, 2.05) is 14.1 Å². The van der Waals surface area contributed by atoms with E-state index >= 15 is 0 Å². The minimum Gasteiger partial charge on any atom is -0.868 e. The Kier molecular flexibility index (Phi) is 6.74. The molecule has 7 nitrogen and oxygen atoms in total. The van der Waals surface area contributed by atoms with Gasteiger partial charge in [0.2, 0.25) is 11.7 Å². The lowest BCUT2D eigenvalue weighted by Gasteiger charge is -2.28. The van der Waals surface area contributed by atoms with Crippen LogP contribution in [-0.4, -0.2) is 50.4 Å². The lowest BCUT2D eigenvalue weighted by atomic mass is 9.95. The molecule has 1 aliphatic heterocycles. The second kappa shape index (κ2) is 9.45. The summed E-state index contributed by atoms with van der Waals surface area (Å²) in [4.78, 5) is 28.6. The number of carbonyl (C=O) groups is 2. The highest BCUT2D eigenvalue weighted by Crippen LogP contribution is 2.39. The van der Waals surface area contributed by atoms with Crippen molar-refractivity contribution in [3.8, 4) is 5.75 Å². The van der Waals surface area contributed by atoms with Gasteiger partial charge >= 0.3 is 0 Å². The zero-order chi connectivity index (χ0) is 21.7.